The molecule has 3 rings (SSSR count). The summed E-state index contributed by atoms with van der Waals surface area (Å²) < 4.78 is 2.11. The van der Waals surface area contributed by atoms with Gasteiger partial charge in [0.2, 0.25) is 0 Å². The Morgan fingerprint density at radius 2 is 2.09 bits per heavy atom. The van der Waals surface area contributed by atoms with Gasteiger partial charge in [0.05, 0.1) is 23.4 Å². The normalized spacial score (nSPS) is 14.8. The Hall–Kier alpha value is -2.12. The Bertz CT molecular complexity index is 681. The maximum atomic E-state index is 8.96. The summed E-state index contributed by atoms with van der Waals surface area (Å²) in [6, 6.07) is 12.7. The van der Waals surface area contributed by atoms with Crippen LogP contribution in [0, 0.1) is 17.2 Å². The SMILES string of the molecule is CC(C#N)CN(C)Cc1nn(-c2ccccc2)c2c1CCC2. The van der Waals surface area contributed by atoms with Crippen molar-refractivity contribution in [2.45, 2.75) is 32.7 Å². The fourth-order valence-corrected chi connectivity index (χ4v) is 3.25. The third-order valence-electron chi connectivity index (χ3n) is 4.24. The van der Waals surface area contributed by atoms with E-state index in [0.717, 1.165) is 31.6 Å². The highest BCUT2D eigenvalue weighted by Crippen LogP contribution is 2.28. The summed E-state index contributed by atoms with van der Waals surface area (Å²) >= 11 is 0. The van der Waals surface area contributed by atoms with Crippen LogP contribution in [0.3, 0.4) is 0 Å². The van der Waals surface area contributed by atoms with Gasteiger partial charge in [0.25, 0.3) is 0 Å². The van der Waals surface area contributed by atoms with E-state index in [1.807, 2.05) is 13.0 Å². The lowest BCUT2D eigenvalue weighted by Crippen LogP contribution is -2.24. The number of aromatic nitrogens is 2. The summed E-state index contributed by atoms with van der Waals surface area (Å²) in [6.45, 7) is 3.56. The molecule has 1 aromatic carbocycles. The molecule has 0 fully saturated rings. The zero-order valence-corrected chi connectivity index (χ0v) is 13.3. The maximum absolute atomic E-state index is 8.96. The van der Waals surface area contributed by atoms with Gasteiger partial charge in [-0.2, -0.15) is 10.4 Å². The highest BCUT2D eigenvalue weighted by Gasteiger charge is 2.23. The molecule has 0 spiro atoms. The van der Waals surface area contributed by atoms with Crippen molar-refractivity contribution >= 4 is 0 Å². The first-order chi connectivity index (χ1) is 10.7. The first-order valence-electron chi connectivity index (χ1n) is 7.92. The molecule has 1 aromatic heterocycles. The van der Waals surface area contributed by atoms with Crippen LogP contribution in [0.1, 0.15) is 30.3 Å². The minimum atomic E-state index is 0.0502. The van der Waals surface area contributed by atoms with Gasteiger partial charge < -0.3 is 0 Å². The van der Waals surface area contributed by atoms with Gasteiger partial charge >= 0.3 is 0 Å². The summed E-state index contributed by atoms with van der Waals surface area (Å²) in [6.07, 6.45) is 3.44. The van der Waals surface area contributed by atoms with Crippen molar-refractivity contribution in [3.63, 3.8) is 0 Å². The van der Waals surface area contributed by atoms with Gasteiger partial charge in [-0.15, -0.1) is 0 Å². The van der Waals surface area contributed by atoms with Crippen LogP contribution >= 0.6 is 0 Å². The zero-order valence-electron chi connectivity index (χ0n) is 13.3. The van der Waals surface area contributed by atoms with Gasteiger partial charge in [0.15, 0.2) is 0 Å². The molecule has 1 aliphatic carbocycles. The molecule has 0 N–H and O–H groups in total. The van der Waals surface area contributed by atoms with Crippen molar-refractivity contribution < 1.29 is 0 Å². The molecule has 0 bridgehead atoms. The number of benzene rings is 1. The Balaban J connectivity index is 1.86. The Labute approximate surface area is 132 Å². The maximum Gasteiger partial charge on any atom is 0.0803 e. The average Bonchev–Trinajstić information content (AvgIpc) is 3.12. The molecule has 0 amide bonds. The first kappa shape index (κ1) is 14.8. The molecule has 1 unspecified atom stereocenters. The molecular weight excluding hydrogens is 272 g/mol. The summed E-state index contributed by atoms with van der Waals surface area (Å²) in [4.78, 5) is 2.20. The summed E-state index contributed by atoms with van der Waals surface area (Å²) in [7, 11) is 2.07. The van der Waals surface area contributed by atoms with E-state index in [1.165, 1.54) is 23.4 Å². The van der Waals surface area contributed by atoms with Crippen molar-refractivity contribution in [3.8, 4) is 11.8 Å². The second-order valence-corrected chi connectivity index (χ2v) is 6.20. The lowest BCUT2D eigenvalue weighted by atomic mass is 10.1. The van der Waals surface area contributed by atoms with Crippen LogP contribution in [0.5, 0.6) is 0 Å². The standard InChI is InChI=1S/C18H22N4/c1-14(11-19)12-21(2)13-17-16-9-6-10-18(16)22(20-17)15-7-4-3-5-8-15/h3-5,7-8,14H,6,9-10,12-13H2,1-2H3. The predicted octanol–water partition coefficient (Wildman–Crippen LogP) is 2.95. The van der Waals surface area contributed by atoms with Gasteiger partial charge in [-0.05, 0) is 50.9 Å². The van der Waals surface area contributed by atoms with Crippen molar-refractivity contribution in [2.24, 2.45) is 5.92 Å². The number of nitrogens with zero attached hydrogens (tertiary/aromatic N) is 4. The third kappa shape index (κ3) is 2.90. The van der Waals surface area contributed by atoms with Crippen LogP contribution < -0.4 is 0 Å². The molecule has 0 radical (unpaired) electrons. The number of para-hydroxylation sites is 1. The van der Waals surface area contributed by atoms with Crippen LogP contribution in [0.15, 0.2) is 30.3 Å². The topological polar surface area (TPSA) is 44.9 Å². The molecule has 2 aromatic rings. The molecule has 0 saturated heterocycles. The largest absolute Gasteiger partial charge is 0.299 e. The quantitative estimate of drug-likeness (QED) is 0.851. The molecule has 114 valence electrons. The predicted molar refractivity (Wildman–Crippen MR) is 86.7 cm³/mol. The van der Waals surface area contributed by atoms with Crippen molar-refractivity contribution in [1.29, 1.82) is 5.26 Å². The van der Waals surface area contributed by atoms with E-state index >= 15 is 0 Å². The molecule has 4 heteroatoms. The second-order valence-electron chi connectivity index (χ2n) is 6.20. The molecule has 1 heterocycles. The monoisotopic (exact) mass is 294 g/mol. The smallest absolute Gasteiger partial charge is 0.0803 e. The molecule has 1 atom stereocenters. The number of hydrogen-bond donors (Lipinski definition) is 0. The lowest BCUT2D eigenvalue weighted by Gasteiger charge is -2.16. The van der Waals surface area contributed by atoms with Crippen LogP contribution in [-0.4, -0.2) is 28.3 Å². The van der Waals surface area contributed by atoms with E-state index < -0.39 is 0 Å². The molecule has 0 aliphatic heterocycles. The van der Waals surface area contributed by atoms with Gasteiger partial charge in [-0.1, -0.05) is 18.2 Å². The van der Waals surface area contributed by atoms with Crippen molar-refractivity contribution in [3.05, 3.63) is 47.3 Å². The van der Waals surface area contributed by atoms with E-state index in [1.54, 1.807) is 0 Å². The van der Waals surface area contributed by atoms with Crippen LogP contribution in [0.2, 0.25) is 0 Å². The molecule has 4 nitrogen and oxygen atoms in total. The minimum Gasteiger partial charge on any atom is -0.299 e. The van der Waals surface area contributed by atoms with Crippen LogP contribution in [-0.2, 0) is 19.4 Å². The fourth-order valence-electron chi connectivity index (χ4n) is 3.25. The van der Waals surface area contributed by atoms with Gasteiger partial charge in [0, 0.05) is 18.8 Å². The molecule has 0 saturated carbocycles. The zero-order chi connectivity index (χ0) is 15.5. The highest BCUT2D eigenvalue weighted by atomic mass is 15.3. The van der Waals surface area contributed by atoms with E-state index in [9.17, 15) is 0 Å². The fraction of sp³-hybridized carbons (Fsp3) is 0.444. The lowest BCUT2D eigenvalue weighted by molar-refractivity contribution is 0.298. The summed E-state index contributed by atoms with van der Waals surface area (Å²) in [5.74, 6) is 0.0502. The van der Waals surface area contributed by atoms with Gasteiger partial charge in [-0.25, -0.2) is 4.68 Å². The second kappa shape index (κ2) is 6.33. The number of hydrogen-bond acceptors (Lipinski definition) is 3. The summed E-state index contributed by atoms with van der Waals surface area (Å²) in [5, 5.41) is 13.8. The van der Waals surface area contributed by atoms with E-state index in [0.29, 0.717) is 0 Å². The Kier molecular flexibility index (Phi) is 4.26. The number of fused-ring (bicyclic) bond motifs is 1. The van der Waals surface area contributed by atoms with Crippen LogP contribution in [0.4, 0.5) is 0 Å². The molecule has 1 aliphatic rings. The Morgan fingerprint density at radius 1 is 1.32 bits per heavy atom. The van der Waals surface area contributed by atoms with Crippen LogP contribution in [0.25, 0.3) is 5.69 Å². The van der Waals surface area contributed by atoms with Gasteiger partial charge in [0.1, 0.15) is 0 Å². The van der Waals surface area contributed by atoms with E-state index in [2.05, 4.69) is 47.0 Å². The van der Waals surface area contributed by atoms with E-state index in [-0.39, 0.29) is 5.92 Å². The highest BCUT2D eigenvalue weighted by molar-refractivity contribution is 5.39. The summed E-state index contributed by atoms with van der Waals surface area (Å²) in [5.41, 5.74) is 5.09. The third-order valence-corrected chi connectivity index (χ3v) is 4.24. The number of nitriles is 1. The molecular formula is C18H22N4. The number of rotatable bonds is 5. The first-order valence-corrected chi connectivity index (χ1v) is 7.92. The van der Waals surface area contributed by atoms with Crippen molar-refractivity contribution in [2.75, 3.05) is 13.6 Å². The van der Waals surface area contributed by atoms with Gasteiger partial charge in [-0.3, -0.25) is 4.90 Å². The average molecular weight is 294 g/mol. The minimum absolute atomic E-state index is 0.0502. The van der Waals surface area contributed by atoms with E-state index in [4.69, 9.17) is 10.4 Å². The Morgan fingerprint density at radius 3 is 2.82 bits per heavy atom. The molecule has 22 heavy (non-hydrogen) atoms. The van der Waals surface area contributed by atoms with Crippen molar-refractivity contribution in [1.82, 2.24) is 14.7 Å².